The Labute approximate surface area is 151 Å². The molecule has 8 nitrogen and oxygen atoms in total. The summed E-state index contributed by atoms with van der Waals surface area (Å²) in [6.07, 6.45) is 0. The van der Waals surface area contributed by atoms with Crippen molar-refractivity contribution in [3.8, 4) is 0 Å². The smallest absolute Gasteiger partial charge is 0.339 e. The molecule has 0 aliphatic heterocycles. The number of hydrogen-bond donors (Lipinski definition) is 1. The van der Waals surface area contributed by atoms with Gasteiger partial charge in [0.25, 0.3) is 11.6 Å². The van der Waals surface area contributed by atoms with E-state index in [9.17, 15) is 23.9 Å². The lowest BCUT2D eigenvalue weighted by Crippen LogP contribution is -2.21. The Bertz CT molecular complexity index is 868. The number of hydrogen-bond acceptors (Lipinski definition) is 6. The van der Waals surface area contributed by atoms with E-state index in [2.05, 4.69) is 5.32 Å². The van der Waals surface area contributed by atoms with Crippen molar-refractivity contribution < 1.29 is 23.5 Å². The summed E-state index contributed by atoms with van der Waals surface area (Å²) in [5, 5.41) is 13.1. The molecule has 0 aromatic heterocycles. The summed E-state index contributed by atoms with van der Waals surface area (Å²) in [6.45, 7) is 1.15. The van der Waals surface area contributed by atoms with Crippen molar-refractivity contribution in [2.45, 2.75) is 11.8 Å². The summed E-state index contributed by atoms with van der Waals surface area (Å²) in [5.41, 5.74) is 0.180. The van der Waals surface area contributed by atoms with Crippen molar-refractivity contribution >= 4 is 34.1 Å². The number of esters is 1. The van der Waals surface area contributed by atoms with Gasteiger partial charge in [0.15, 0.2) is 6.61 Å². The van der Waals surface area contributed by atoms with E-state index in [4.69, 9.17) is 4.74 Å². The number of rotatable bonds is 7. The summed E-state index contributed by atoms with van der Waals surface area (Å²) in [5.74, 6) is -1.07. The molecule has 0 unspecified atom stereocenters. The van der Waals surface area contributed by atoms with Crippen molar-refractivity contribution in [3.05, 3.63) is 64.2 Å². The van der Waals surface area contributed by atoms with Crippen LogP contribution >= 0.6 is 0 Å². The van der Waals surface area contributed by atoms with Crippen LogP contribution in [0.25, 0.3) is 0 Å². The molecule has 2 aromatic carbocycles. The number of nitrogens with zero attached hydrogens (tertiary/aromatic N) is 1. The van der Waals surface area contributed by atoms with Gasteiger partial charge in [-0.25, -0.2) is 4.79 Å². The van der Waals surface area contributed by atoms with Gasteiger partial charge in [-0.1, -0.05) is 25.1 Å². The number of amides is 1. The fraction of sp³-hybridized carbons (Fsp3) is 0.176. The Hall–Kier alpha value is -3.07. The molecule has 0 saturated carbocycles. The van der Waals surface area contributed by atoms with Crippen LogP contribution in [0.1, 0.15) is 17.3 Å². The van der Waals surface area contributed by atoms with Crippen molar-refractivity contribution in [2.24, 2.45) is 0 Å². The predicted molar refractivity (Wildman–Crippen MR) is 95.4 cm³/mol. The quantitative estimate of drug-likeness (QED) is 0.451. The minimum atomic E-state index is -1.34. The van der Waals surface area contributed by atoms with Crippen molar-refractivity contribution in [2.75, 3.05) is 17.7 Å². The van der Waals surface area contributed by atoms with E-state index in [1.54, 1.807) is 25.1 Å². The first-order valence-corrected chi connectivity index (χ1v) is 8.93. The molecular weight excluding hydrogens is 360 g/mol. The third-order valence-corrected chi connectivity index (χ3v) is 4.66. The van der Waals surface area contributed by atoms with Gasteiger partial charge in [0.05, 0.1) is 26.2 Å². The van der Waals surface area contributed by atoms with Gasteiger partial charge in [0.2, 0.25) is 0 Å². The summed E-state index contributed by atoms with van der Waals surface area (Å²) in [6, 6.07) is 11.7. The number of non-ortho nitro benzene ring substituents is 1. The third kappa shape index (κ3) is 4.96. The van der Waals surface area contributed by atoms with Crippen LogP contribution in [-0.4, -0.2) is 33.4 Å². The van der Waals surface area contributed by atoms with Gasteiger partial charge in [0.1, 0.15) is 0 Å². The van der Waals surface area contributed by atoms with Crippen molar-refractivity contribution in [1.82, 2.24) is 0 Å². The summed E-state index contributed by atoms with van der Waals surface area (Å²) < 4.78 is 16.9. The second kappa shape index (κ2) is 8.86. The molecule has 136 valence electrons. The molecule has 0 aliphatic rings. The average Bonchev–Trinajstić information content (AvgIpc) is 2.65. The van der Waals surface area contributed by atoms with Gasteiger partial charge < -0.3 is 10.1 Å². The van der Waals surface area contributed by atoms with Gasteiger partial charge in [-0.05, 0) is 18.2 Å². The van der Waals surface area contributed by atoms with Crippen molar-refractivity contribution in [1.29, 1.82) is 0 Å². The Morgan fingerprint density at radius 2 is 1.92 bits per heavy atom. The van der Waals surface area contributed by atoms with E-state index in [1.807, 2.05) is 0 Å². The Morgan fingerprint density at radius 3 is 2.62 bits per heavy atom. The number of carbonyl (C=O) groups excluding carboxylic acids is 2. The third-order valence-electron chi connectivity index (χ3n) is 3.29. The molecule has 0 heterocycles. The van der Waals surface area contributed by atoms with Crippen LogP contribution < -0.4 is 5.32 Å². The van der Waals surface area contributed by atoms with E-state index >= 15 is 0 Å². The molecule has 0 bridgehead atoms. The molecule has 2 rings (SSSR count). The molecule has 9 heteroatoms. The number of nitro groups is 1. The molecule has 1 N–H and O–H groups in total. The van der Waals surface area contributed by atoms with E-state index < -0.39 is 34.2 Å². The maximum Gasteiger partial charge on any atom is 0.339 e. The van der Waals surface area contributed by atoms with Crippen LogP contribution in [0.3, 0.4) is 0 Å². The molecule has 0 saturated heterocycles. The SMILES string of the molecule is CC[S@@](=O)c1ccccc1C(=O)OCC(=O)Nc1cccc([N+](=O)[O-])c1. The second-order valence-electron chi connectivity index (χ2n) is 5.06. The van der Waals surface area contributed by atoms with Gasteiger partial charge in [-0.3, -0.25) is 19.1 Å². The summed E-state index contributed by atoms with van der Waals surface area (Å²) in [4.78, 5) is 34.5. The molecule has 1 atom stereocenters. The number of nitrogens with one attached hydrogen (secondary N) is 1. The Morgan fingerprint density at radius 1 is 1.19 bits per heavy atom. The molecule has 2 aromatic rings. The highest BCUT2D eigenvalue weighted by atomic mass is 32.2. The van der Waals surface area contributed by atoms with Gasteiger partial charge in [0, 0.05) is 23.6 Å². The molecule has 0 fully saturated rings. The van der Waals surface area contributed by atoms with Gasteiger partial charge in [-0.2, -0.15) is 0 Å². The highest BCUT2D eigenvalue weighted by Gasteiger charge is 2.17. The zero-order chi connectivity index (χ0) is 19.1. The van der Waals surface area contributed by atoms with Crippen LogP contribution in [0.4, 0.5) is 11.4 Å². The number of ether oxygens (including phenoxy) is 1. The molecule has 0 aliphatic carbocycles. The first-order chi connectivity index (χ1) is 12.4. The van der Waals surface area contributed by atoms with E-state index in [1.165, 1.54) is 30.3 Å². The highest BCUT2D eigenvalue weighted by molar-refractivity contribution is 7.85. The average molecular weight is 376 g/mol. The minimum Gasteiger partial charge on any atom is -0.452 e. The van der Waals surface area contributed by atoms with Crippen molar-refractivity contribution in [3.63, 3.8) is 0 Å². The highest BCUT2D eigenvalue weighted by Crippen LogP contribution is 2.17. The second-order valence-corrected chi connectivity index (χ2v) is 6.77. The molecule has 0 spiro atoms. The molecule has 0 radical (unpaired) electrons. The maximum absolute atomic E-state index is 12.2. The predicted octanol–water partition coefficient (Wildman–Crippen LogP) is 2.52. The number of nitro benzene ring substituents is 1. The first-order valence-electron chi connectivity index (χ1n) is 7.61. The lowest BCUT2D eigenvalue weighted by atomic mass is 10.2. The fourth-order valence-corrected chi connectivity index (χ4v) is 3.03. The maximum atomic E-state index is 12.2. The number of carbonyl (C=O) groups is 2. The zero-order valence-corrected chi connectivity index (χ0v) is 14.7. The monoisotopic (exact) mass is 376 g/mol. The largest absolute Gasteiger partial charge is 0.452 e. The van der Waals surface area contributed by atoms with E-state index in [0.717, 1.165) is 0 Å². The van der Waals surface area contributed by atoms with E-state index in [0.29, 0.717) is 10.6 Å². The number of benzene rings is 2. The van der Waals surface area contributed by atoms with E-state index in [-0.39, 0.29) is 16.9 Å². The lowest BCUT2D eigenvalue weighted by Gasteiger charge is -2.09. The molecule has 26 heavy (non-hydrogen) atoms. The number of anilines is 1. The van der Waals surface area contributed by atoms with Crippen LogP contribution in [-0.2, 0) is 20.3 Å². The topological polar surface area (TPSA) is 116 Å². The zero-order valence-electron chi connectivity index (χ0n) is 13.8. The van der Waals surface area contributed by atoms with Gasteiger partial charge in [-0.15, -0.1) is 0 Å². The minimum absolute atomic E-state index is 0.135. The molecular formula is C17H16N2O6S. The standard InChI is InChI=1S/C17H16N2O6S/c1-2-26(24)15-9-4-3-8-14(15)17(21)25-11-16(20)18-12-6-5-7-13(10-12)19(22)23/h3-10H,2,11H2,1H3,(H,18,20)/t26-/m1/s1. The molecule has 1 amide bonds. The Kier molecular flexibility index (Phi) is 6.56. The summed E-state index contributed by atoms with van der Waals surface area (Å²) in [7, 11) is -1.34. The summed E-state index contributed by atoms with van der Waals surface area (Å²) >= 11 is 0. The first kappa shape index (κ1) is 19.3. The van der Waals surface area contributed by atoms with Gasteiger partial charge >= 0.3 is 5.97 Å². The Balaban J connectivity index is 2.00. The fourth-order valence-electron chi connectivity index (χ4n) is 2.09. The van der Waals surface area contributed by atoms with Crippen LogP contribution in [0.5, 0.6) is 0 Å². The van der Waals surface area contributed by atoms with Crippen LogP contribution in [0.2, 0.25) is 0 Å². The normalized spacial score (nSPS) is 11.4. The van der Waals surface area contributed by atoms with Crippen LogP contribution in [0.15, 0.2) is 53.4 Å². The van der Waals surface area contributed by atoms with Crippen LogP contribution in [0, 0.1) is 10.1 Å². The lowest BCUT2D eigenvalue weighted by molar-refractivity contribution is -0.384.